The Kier molecular flexibility index (Phi) is 4.03. The molecule has 0 radical (unpaired) electrons. The largest absolute Gasteiger partial charge is 0.336 e. The van der Waals surface area contributed by atoms with Crippen molar-refractivity contribution in [1.82, 2.24) is 19.4 Å². The van der Waals surface area contributed by atoms with Crippen LogP contribution in [-0.2, 0) is 0 Å². The maximum absolute atomic E-state index is 12.8. The molecule has 1 aliphatic heterocycles. The van der Waals surface area contributed by atoms with Crippen molar-refractivity contribution in [2.45, 2.75) is 12.0 Å². The summed E-state index contributed by atoms with van der Waals surface area (Å²) < 4.78 is 1.80. The van der Waals surface area contributed by atoms with Gasteiger partial charge < -0.3 is 10.6 Å². The first-order valence-corrected chi connectivity index (χ1v) is 8.26. The standard InChI is InChI=1S/C19H19N5O/c20-17-12-24(11-16(17)14-4-2-1-3-5-14)19(25)15-6-7-18(22-10-15)23-9-8-21-13-23/h1-10,13,16-17H,11-12,20H2/t16-,17+/m0/s1. The summed E-state index contributed by atoms with van der Waals surface area (Å²) in [6, 6.07) is 13.7. The van der Waals surface area contributed by atoms with E-state index < -0.39 is 0 Å². The Morgan fingerprint density at radius 3 is 2.64 bits per heavy atom. The molecule has 0 aliphatic carbocycles. The van der Waals surface area contributed by atoms with Crippen molar-refractivity contribution < 1.29 is 4.79 Å². The van der Waals surface area contributed by atoms with Crippen LogP contribution in [0.25, 0.3) is 5.82 Å². The molecule has 1 aromatic carbocycles. The molecule has 3 heterocycles. The fourth-order valence-electron chi connectivity index (χ4n) is 3.29. The van der Waals surface area contributed by atoms with Gasteiger partial charge in [-0.2, -0.15) is 0 Å². The number of imidazole rings is 1. The highest BCUT2D eigenvalue weighted by Gasteiger charge is 2.34. The minimum Gasteiger partial charge on any atom is -0.336 e. The molecule has 1 aliphatic rings. The number of likely N-dealkylation sites (tertiary alicyclic amines) is 1. The van der Waals surface area contributed by atoms with E-state index >= 15 is 0 Å². The van der Waals surface area contributed by atoms with E-state index in [1.54, 1.807) is 29.4 Å². The normalized spacial score (nSPS) is 20.0. The molecule has 0 saturated carbocycles. The fourth-order valence-corrected chi connectivity index (χ4v) is 3.29. The van der Waals surface area contributed by atoms with Crippen molar-refractivity contribution in [2.75, 3.05) is 13.1 Å². The number of nitrogens with two attached hydrogens (primary N) is 1. The summed E-state index contributed by atoms with van der Waals surface area (Å²) >= 11 is 0. The van der Waals surface area contributed by atoms with Crippen LogP contribution in [0.3, 0.4) is 0 Å². The van der Waals surface area contributed by atoms with Gasteiger partial charge in [-0.05, 0) is 17.7 Å². The second-order valence-electron chi connectivity index (χ2n) is 6.27. The van der Waals surface area contributed by atoms with Crippen LogP contribution in [0, 0.1) is 0 Å². The lowest BCUT2D eigenvalue weighted by molar-refractivity contribution is 0.0788. The highest BCUT2D eigenvalue weighted by molar-refractivity contribution is 5.94. The van der Waals surface area contributed by atoms with Crippen molar-refractivity contribution >= 4 is 5.91 Å². The molecule has 4 rings (SSSR count). The minimum absolute atomic E-state index is 0.0291. The van der Waals surface area contributed by atoms with Crippen molar-refractivity contribution in [3.05, 3.63) is 78.5 Å². The number of amides is 1. The Bertz CT molecular complexity index is 845. The van der Waals surface area contributed by atoms with E-state index in [0.29, 0.717) is 18.7 Å². The van der Waals surface area contributed by atoms with E-state index in [0.717, 1.165) is 5.82 Å². The van der Waals surface area contributed by atoms with Gasteiger partial charge in [-0.25, -0.2) is 9.97 Å². The average molecular weight is 333 g/mol. The van der Waals surface area contributed by atoms with Crippen molar-refractivity contribution in [3.63, 3.8) is 0 Å². The number of hydrogen-bond acceptors (Lipinski definition) is 4. The topological polar surface area (TPSA) is 77.0 Å². The number of pyridine rings is 1. The van der Waals surface area contributed by atoms with Crippen LogP contribution < -0.4 is 5.73 Å². The summed E-state index contributed by atoms with van der Waals surface area (Å²) in [7, 11) is 0. The Hall–Kier alpha value is -2.99. The molecule has 2 atom stereocenters. The molecule has 0 spiro atoms. The number of hydrogen-bond donors (Lipinski definition) is 1. The summed E-state index contributed by atoms with van der Waals surface area (Å²) in [4.78, 5) is 22.9. The van der Waals surface area contributed by atoms with Crippen molar-refractivity contribution in [1.29, 1.82) is 0 Å². The van der Waals surface area contributed by atoms with Crippen LogP contribution >= 0.6 is 0 Å². The van der Waals surface area contributed by atoms with Crippen molar-refractivity contribution in [3.8, 4) is 5.82 Å². The van der Waals surface area contributed by atoms with Crippen LogP contribution in [-0.4, -0.2) is 44.5 Å². The average Bonchev–Trinajstić information content (AvgIpc) is 3.32. The number of rotatable bonds is 3. The number of aromatic nitrogens is 3. The summed E-state index contributed by atoms with van der Waals surface area (Å²) in [5, 5.41) is 0. The molecule has 2 N–H and O–H groups in total. The number of carbonyl (C=O) groups excluding carboxylic acids is 1. The maximum atomic E-state index is 12.8. The number of nitrogens with zero attached hydrogens (tertiary/aromatic N) is 4. The second-order valence-corrected chi connectivity index (χ2v) is 6.27. The molecular formula is C19H19N5O. The molecule has 3 aromatic rings. The smallest absolute Gasteiger partial charge is 0.255 e. The molecular weight excluding hydrogens is 314 g/mol. The molecule has 1 saturated heterocycles. The van der Waals surface area contributed by atoms with E-state index in [-0.39, 0.29) is 17.9 Å². The Labute approximate surface area is 145 Å². The monoisotopic (exact) mass is 333 g/mol. The van der Waals surface area contributed by atoms with Gasteiger partial charge in [0.15, 0.2) is 0 Å². The van der Waals surface area contributed by atoms with Gasteiger partial charge in [-0.1, -0.05) is 30.3 Å². The third kappa shape index (κ3) is 3.04. The highest BCUT2D eigenvalue weighted by Crippen LogP contribution is 2.27. The lowest BCUT2D eigenvalue weighted by atomic mass is 9.95. The molecule has 25 heavy (non-hydrogen) atoms. The molecule has 6 nitrogen and oxygen atoms in total. The van der Waals surface area contributed by atoms with Gasteiger partial charge in [0.1, 0.15) is 12.1 Å². The summed E-state index contributed by atoms with van der Waals surface area (Å²) in [6.07, 6.45) is 6.79. The van der Waals surface area contributed by atoms with Crippen LogP contribution in [0.4, 0.5) is 0 Å². The van der Waals surface area contributed by atoms with E-state index in [1.165, 1.54) is 5.56 Å². The fraction of sp³-hybridized carbons (Fsp3) is 0.211. The molecule has 2 aromatic heterocycles. The van der Waals surface area contributed by atoms with Crippen LogP contribution in [0.15, 0.2) is 67.4 Å². The van der Waals surface area contributed by atoms with Gasteiger partial charge in [-0.3, -0.25) is 9.36 Å². The summed E-state index contributed by atoms with van der Waals surface area (Å²) in [5.74, 6) is 0.872. The number of benzene rings is 1. The van der Waals surface area contributed by atoms with Crippen LogP contribution in [0.2, 0.25) is 0 Å². The van der Waals surface area contributed by atoms with Gasteiger partial charge in [0.2, 0.25) is 0 Å². The third-order valence-electron chi connectivity index (χ3n) is 4.64. The second kappa shape index (κ2) is 6.49. The maximum Gasteiger partial charge on any atom is 0.255 e. The zero-order chi connectivity index (χ0) is 17.2. The van der Waals surface area contributed by atoms with Crippen molar-refractivity contribution in [2.24, 2.45) is 5.73 Å². The Morgan fingerprint density at radius 1 is 1.12 bits per heavy atom. The third-order valence-corrected chi connectivity index (χ3v) is 4.64. The van der Waals surface area contributed by atoms with Gasteiger partial charge >= 0.3 is 0 Å². The van der Waals surface area contributed by atoms with Gasteiger partial charge in [0, 0.05) is 43.6 Å². The minimum atomic E-state index is -0.0514. The van der Waals surface area contributed by atoms with E-state index in [2.05, 4.69) is 22.1 Å². The van der Waals surface area contributed by atoms with Gasteiger partial charge in [0.05, 0.1) is 5.56 Å². The van der Waals surface area contributed by atoms with Gasteiger partial charge in [0.25, 0.3) is 5.91 Å². The quantitative estimate of drug-likeness (QED) is 0.793. The van der Waals surface area contributed by atoms with E-state index in [9.17, 15) is 4.79 Å². The Morgan fingerprint density at radius 2 is 1.96 bits per heavy atom. The summed E-state index contributed by atoms with van der Waals surface area (Å²) in [5.41, 5.74) is 8.04. The first-order valence-electron chi connectivity index (χ1n) is 8.26. The van der Waals surface area contributed by atoms with Crippen LogP contribution in [0.5, 0.6) is 0 Å². The summed E-state index contributed by atoms with van der Waals surface area (Å²) in [6.45, 7) is 1.19. The highest BCUT2D eigenvalue weighted by atomic mass is 16.2. The Balaban J connectivity index is 1.50. The zero-order valence-corrected chi connectivity index (χ0v) is 13.7. The first-order chi connectivity index (χ1) is 12.2. The zero-order valence-electron chi connectivity index (χ0n) is 13.7. The van der Waals surface area contributed by atoms with E-state index in [1.807, 2.05) is 35.4 Å². The van der Waals surface area contributed by atoms with E-state index in [4.69, 9.17) is 5.73 Å². The molecule has 0 bridgehead atoms. The van der Waals surface area contributed by atoms with Gasteiger partial charge in [-0.15, -0.1) is 0 Å². The number of carbonyl (C=O) groups is 1. The molecule has 126 valence electrons. The molecule has 6 heteroatoms. The predicted octanol–water partition coefficient (Wildman–Crippen LogP) is 1.83. The lowest BCUT2D eigenvalue weighted by Crippen LogP contribution is -2.32. The molecule has 1 amide bonds. The molecule has 1 fully saturated rings. The first kappa shape index (κ1) is 15.5. The van der Waals surface area contributed by atoms with Crippen LogP contribution in [0.1, 0.15) is 21.8 Å². The SMILES string of the molecule is N[C@@H]1CN(C(=O)c2ccc(-n3ccnc3)nc2)C[C@H]1c1ccccc1. The lowest BCUT2D eigenvalue weighted by Gasteiger charge is -2.16. The predicted molar refractivity (Wildman–Crippen MR) is 94.4 cm³/mol. The molecule has 0 unspecified atom stereocenters.